The fourth-order valence-corrected chi connectivity index (χ4v) is 4.15. The second-order valence-electron chi connectivity index (χ2n) is 6.61. The summed E-state index contributed by atoms with van der Waals surface area (Å²) >= 11 is 0. The van der Waals surface area contributed by atoms with Crippen LogP contribution in [-0.2, 0) is 21.2 Å². The maximum absolute atomic E-state index is 12.5. The van der Waals surface area contributed by atoms with Crippen molar-refractivity contribution in [3.05, 3.63) is 54.1 Å². The summed E-state index contributed by atoms with van der Waals surface area (Å²) in [5.41, 5.74) is 1.55. The van der Waals surface area contributed by atoms with Crippen LogP contribution in [-0.4, -0.2) is 38.3 Å². The maximum atomic E-state index is 12.5. The van der Waals surface area contributed by atoms with Gasteiger partial charge in [0.25, 0.3) is 5.91 Å². The number of ether oxygens (including phenoxy) is 1. The molecule has 0 radical (unpaired) electrons. The summed E-state index contributed by atoms with van der Waals surface area (Å²) in [6.45, 7) is 2.50. The minimum absolute atomic E-state index is 0.212. The number of carbonyl (C=O) groups is 1. The first-order valence-corrected chi connectivity index (χ1v) is 10.5. The van der Waals surface area contributed by atoms with Crippen molar-refractivity contribution >= 4 is 21.6 Å². The van der Waals surface area contributed by atoms with Crippen LogP contribution in [0.1, 0.15) is 25.3 Å². The van der Waals surface area contributed by atoms with Crippen LogP contribution >= 0.6 is 0 Å². The van der Waals surface area contributed by atoms with Crippen molar-refractivity contribution in [2.75, 3.05) is 18.9 Å². The Balaban J connectivity index is 1.63. The molecule has 0 aromatic heterocycles. The number of rotatable bonds is 7. The number of nitrogens with one attached hydrogen (secondary N) is 1. The molecular formula is C20H24N2O4S. The van der Waals surface area contributed by atoms with Gasteiger partial charge in [-0.1, -0.05) is 31.5 Å². The van der Waals surface area contributed by atoms with E-state index in [1.54, 1.807) is 19.2 Å². The molecule has 7 heteroatoms. The zero-order chi connectivity index (χ0) is 19.4. The van der Waals surface area contributed by atoms with Gasteiger partial charge in [0.05, 0.1) is 4.90 Å². The van der Waals surface area contributed by atoms with Gasteiger partial charge in [-0.15, -0.1) is 0 Å². The molecule has 27 heavy (non-hydrogen) atoms. The molecule has 0 saturated carbocycles. The van der Waals surface area contributed by atoms with E-state index in [-0.39, 0.29) is 10.8 Å². The van der Waals surface area contributed by atoms with Crippen molar-refractivity contribution < 1.29 is 17.9 Å². The van der Waals surface area contributed by atoms with Crippen LogP contribution in [0.3, 0.4) is 0 Å². The van der Waals surface area contributed by atoms with Crippen LogP contribution in [0.2, 0.25) is 0 Å². The van der Waals surface area contributed by atoms with E-state index >= 15 is 0 Å². The fraction of sp³-hybridized carbons (Fsp3) is 0.350. The highest BCUT2D eigenvalue weighted by Crippen LogP contribution is 2.28. The largest absolute Gasteiger partial charge is 0.480 e. The summed E-state index contributed by atoms with van der Waals surface area (Å²) in [7, 11) is -1.93. The Bertz CT molecular complexity index is 885. The second kappa shape index (κ2) is 8.10. The highest BCUT2D eigenvalue weighted by molar-refractivity contribution is 7.89. The summed E-state index contributed by atoms with van der Waals surface area (Å²) in [6.07, 6.45) is 1.69. The van der Waals surface area contributed by atoms with Gasteiger partial charge in [0, 0.05) is 25.7 Å². The molecular weight excluding hydrogens is 364 g/mol. The molecule has 0 aliphatic carbocycles. The molecule has 0 saturated heterocycles. The first kappa shape index (κ1) is 19.4. The predicted molar refractivity (Wildman–Crippen MR) is 104 cm³/mol. The number of para-hydroxylation sites is 1. The fourth-order valence-electron chi connectivity index (χ4n) is 2.94. The second-order valence-corrected chi connectivity index (χ2v) is 8.66. The molecule has 0 bridgehead atoms. The van der Waals surface area contributed by atoms with Crippen molar-refractivity contribution in [2.24, 2.45) is 0 Å². The Hall–Kier alpha value is -2.38. The van der Waals surface area contributed by atoms with Gasteiger partial charge in [-0.05, 0) is 42.3 Å². The van der Waals surface area contributed by atoms with Crippen LogP contribution in [0, 0.1) is 0 Å². The molecule has 2 aromatic carbocycles. The predicted octanol–water partition coefficient (Wildman–Crippen LogP) is 3.05. The molecule has 2 aromatic rings. The molecule has 3 rings (SSSR count). The molecule has 0 unspecified atom stereocenters. The third kappa shape index (κ3) is 4.31. The third-order valence-corrected chi connectivity index (χ3v) is 6.47. The normalized spacial score (nSPS) is 16.0. The molecule has 6 nitrogen and oxygen atoms in total. The molecule has 1 aliphatic rings. The summed E-state index contributed by atoms with van der Waals surface area (Å²) in [6, 6.07) is 13.8. The molecule has 0 fully saturated rings. The van der Waals surface area contributed by atoms with Crippen LogP contribution in [0.4, 0.5) is 5.69 Å². The number of anilines is 1. The molecule has 1 heterocycles. The van der Waals surface area contributed by atoms with Gasteiger partial charge in [0.2, 0.25) is 10.0 Å². The first-order valence-electron chi connectivity index (χ1n) is 9.03. The Morgan fingerprint density at radius 2 is 1.89 bits per heavy atom. The van der Waals surface area contributed by atoms with Gasteiger partial charge in [0.15, 0.2) is 6.10 Å². The van der Waals surface area contributed by atoms with Gasteiger partial charge in [-0.25, -0.2) is 12.7 Å². The van der Waals surface area contributed by atoms with Gasteiger partial charge in [0.1, 0.15) is 5.75 Å². The van der Waals surface area contributed by atoms with Gasteiger partial charge in [-0.2, -0.15) is 0 Å². The molecule has 0 spiro atoms. The van der Waals surface area contributed by atoms with E-state index in [0.29, 0.717) is 18.7 Å². The average molecular weight is 388 g/mol. The minimum Gasteiger partial charge on any atom is -0.480 e. The molecule has 1 atom stereocenters. The monoisotopic (exact) mass is 388 g/mol. The number of hydrogen-bond donors (Lipinski definition) is 1. The lowest BCUT2D eigenvalue weighted by molar-refractivity contribution is -0.122. The maximum Gasteiger partial charge on any atom is 0.265 e. The Kier molecular flexibility index (Phi) is 5.82. The zero-order valence-electron chi connectivity index (χ0n) is 15.5. The third-order valence-electron chi connectivity index (χ3n) is 4.60. The lowest BCUT2D eigenvalue weighted by Gasteiger charge is -2.17. The molecule has 1 amide bonds. The zero-order valence-corrected chi connectivity index (χ0v) is 16.3. The number of unbranched alkanes of at least 4 members (excludes halogenated alkanes) is 1. The summed E-state index contributed by atoms with van der Waals surface area (Å²) in [5.74, 6) is 0.482. The summed E-state index contributed by atoms with van der Waals surface area (Å²) in [5, 5.41) is 2.79. The van der Waals surface area contributed by atoms with Crippen molar-refractivity contribution in [1.29, 1.82) is 0 Å². The number of amides is 1. The lowest BCUT2D eigenvalue weighted by atomic mass is 10.1. The number of carbonyl (C=O) groups excluding carboxylic acids is 1. The number of fused-ring (bicyclic) bond motifs is 1. The van der Waals surface area contributed by atoms with Crippen LogP contribution in [0.25, 0.3) is 0 Å². The van der Waals surface area contributed by atoms with E-state index < -0.39 is 16.1 Å². The number of benzene rings is 2. The van der Waals surface area contributed by atoms with Gasteiger partial charge in [-0.3, -0.25) is 4.79 Å². The van der Waals surface area contributed by atoms with E-state index in [4.69, 9.17) is 4.74 Å². The van der Waals surface area contributed by atoms with Crippen molar-refractivity contribution in [3.8, 4) is 5.75 Å². The Labute approximate surface area is 160 Å². The number of sulfonamides is 1. The van der Waals surface area contributed by atoms with Crippen molar-refractivity contribution in [1.82, 2.24) is 4.31 Å². The number of hydrogen-bond acceptors (Lipinski definition) is 4. The van der Waals surface area contributed by atoms with Gasteiger partial charge >= 0.3 is 0 Å². The molecule has 1 N–H and O–H groups in total. The van der Waals surface area contributed by atoms with Crippen molar-refractivity contribution in [3.63, 3.8) is 0 Å². The Morgan fingerprint density at radius 3 is 2.56 bits per heavy atom. The SMILES string of the molecule is CCCCN(C)S(=O)(=O)c1ccc(NC(=O)[C@@H]2Cc3ccccc3O2)cc1. The smallest absolute Gasteiger partial charge is 0.265 e. The summed E-state index contributed by atoms with van der Waals surface area (Å²) < 4.78 is 32.1. The quantitative estimate of drug-likeness (QED) is 0.791. The van der Waals surface area contributed by atoms with E-state index in [9.17, 15) is 13.2 Å². The minimum atomic E-state index is -3.51. The first-order chi connectivity index (χ1) is 12.9. The van der Waals surface area contributed by atoms with Crippen LogP contribution in [0.5, 0.6) is 5.75 Å². The highest BCUT2D eigenvalue weighted by atomic mass is 32.2. The molecule has 144 valence electrons. The highest BCUT2D eigenvalue weighted by Gasteiger charge is 2.29. The van der Waals surface area contributed by atoms with E-state index in [1.165, 1.54) is 16.4 Å². The van der Waals surface area contributed by atoms with E-state index in [2.05, 4.69) is 5.32 Å². The topological polar surface area (TPSA) is 75.7 Å². The van der Waals surface area contributed by atoms with E-state index in [1.807, 2.05) is 31.2 Å². The van der Waals surface area contributed by atoms with Crippen LogP contribution in [0.15, 0.2) is 53.4 Å². The van der Waals surface area contributed by atoms with Crippen LogP contribution < -0.4 is 10.1 Å². The number of nitrogens with zero attached hydrogens (tertiary/aromatic N) is 1. The van der Waals surface area contributed by atoms with Gasteiger partial charge < -0.3 is 10.1 Å². The standard InChI is InChI=1S/C20H24N2O4S/c1-3-4-13-22(2)27(24,25)17-11-9-16(10-12-17)21-20(23)19-14-15-7-5-6-8-18(15)26-19/h5-12,19H,3-4,13-14H2,1-2H3,(H,21,23)/t19-/m0/s1. The molecule has 1 aliphatic heterocycles. The van der Waals surface area contributed by atoms with Crippen molar-refractivity contribution in [2.45, 2.75) is 37.2 Å². The lowest BCUT2D eigenvalue weighted by Crippen LogP contribution is -2.31. The average Bonchev–Trinajstić information content (AvgIpc) is 3.11. The Morgan fingerprint density at radius 1 is 1.19 bits per heavy atom. The van der Waals surface area contributed by atoms with E-state index in [0.717, 1.165) is 24.2 Å². The summed E-state index contributed by atoms with van der Waals surface area (Å²) in [4.78, 5) is 12.6.